The van der Waals surface area contributed by atoms with Crippen LogP contribution in [0.15, 0.2) is 23.3 Å². The number of fused-ring (bicyclic) bond motifs is 10. The normalized spacial score (nSPS) is 50.3. The summed E-state index contributed by atoms with van der Waals surface area (Å²) >= 11 is 0. The molecular weight excluding hydrogens is 782 g/mol. The second-order valence-electron chi connectivity index (χ2n) is 19.9. The van der Waals surface area contributed by atoms with Crippen LogP contribution in [0, 0.1) is 57.2 Å². The van der Waals surface area contributed by atoms with Crippen LogP contribution < -0.4 is 34.5 Å². The summed E-state index contributed by atoms with van der Waals surface area (Å²) in [6, 6.07) is 0. The van der Waals surface area contributed by atoms with Crippen LogP contribution in [0.1, 0.15) is 105 Å². The number of carbonyl (C=O) groups is 4. The molecule has 8 aliphatic carbocycles. The second-order valence-corrected chi connectivity index (χ2v) is 21.2. The van der Waals surface area contributed by atoms with Crippen molar-refractivity contribution in [2.24, 2.45) is 57.2 Å². The minimum atomic E-state index is -5.37. The molecule has 14 nitrogen and oxygen atoms in total. The predicted octanol–water partition coefficient (Wildman–Crippen LogP) is -0.961. The van der Waals surface area contributed by atoms with E-state index in [4.69, 9.17) is 9.05 Å². The van der Waals surface area contributed by atoms with Crippen LogP contribution in [-0.2, 0) is 32.8 Å². The van der Waals surface area contributed by atoms with E-state index < -0.39 is 102 Å². The van der Waals surface area contributed by atoms with Crippen molar-refractivity contribution >= 4 is 31.0 Å². The van der Waals surface area contributed by atoms with Crippen LogP contribution in [0.4, 0.5) is 0 Å². The molecule has 0 heterocycles. The Kier molecular flexibility index (Phi) is 11.5. The Labute approximate surface area is 361 Å². The van der Waals surface area contributed by atoms with Crippen LogP contribution in [0.2, 0.25) is 0 Å². The van der Waals surface area contributed by atoms with Gasteiger partial charge in [0.2, 0.25) is 0 Å². The molecule has 0 aromatic heterocycles. The number of rotatable bonds is 8. The van der Waals surface area contributed by atoms with E-state index in [1.807, 2.05) is 0 Å². The van der Waals surface area contributed by atoms with Gasteiger partial charge in [0.1, 0.15) is 24.4 Å². The van der Waals surface area contributed by atoms with E-state index >= 15 is 0 Å². The molecule has 2 unspecified atom stereocenters. The zero-order valence-electron chi connectivity index (χ0n) is 34.2. The van der Waals surface area contributed by atoms with Crippen LogP contribution in [-0.4, -0.2) is 103 Å². The molecule has 0 bridgehead atoms. The summed E-state index contributed by atoms with van der Waals surface area (Å²) in [5.41, 5.74) is -6.76. The third-order valence-electron chi connectivity index (χ3n) is 18.0. The van der Waals surface area contributed by atoms with E-state index in [-0.39, 0.29) is 103 Å². The molecule has 0 amide bonds. The van der Waals surface area contributed by atoms with Gasteiger partial charge in [-0.2, -0.15) is 0 Å². The first kappa shape index (κ1) is 45.1. The fourth-order valence-electron chi connectivity index (χ4n) is 15.2. The van der Waals surface area contributed by atoms with Crippen molar-refractivity contribution in [2.45, 2.75) is 140 Å². The third kappa shape index (κ3) is 6.04. The molecule has 0 aromatic carbocycles. The van der Waals surface area contributed by atoms with Gasteiger partial charge in [0, 0.05) is 34.5 Å². The van der Waals surface area contributed by atoms with Gasteiger partial charge in [-0.15, -0.1) is 0 Å². The van der Waals surface area contributed by atoms with E-state index in [9.17, 15) is 59.3 Å². The molecule has 6 fully saturated rings. The Bertz CT molecular complexity index is 1760. The standard InChI is InChI=1S/C42H59O14P.Na/c1-37-17-29(47)35-25(27(37)9-11-41(37,51)31(49)19-43)7-5-21-13-23(45)15-33(39(21,35)3)55-57(53,54)56-34-16-24(46)14-22-6-8-26-28-10-12-42(52,32(50)20-44)38(28,2)18-30(48)36(26)40(22,34)4;/h13-14,25-30,33-36,43-44,47-48,51-52H,5-12,15-20H2,1-4H3,(H,53,54);/q;+1/p-1/t25-,26-,27-,28-,29-,30-,33?,34?,35+,36+,37-,38-,39+,40+,41-,42-;/m0./s1. The SMILES string of the molecule is C[C@]12C[C@H](O)[C@H]3[C@@H](CCC4=CC(=O)CC(OP(=O)([O-])OC5CC(=O)C=C6CC[C@@H]7[C@H]([C@@H](O)C[C@@]8(C)[C@H]7CC[C@]8(O)C(=O)CO)[C@]65C)[C@@]43C)[C@@H]1CC[C@]2(O)C(=O)CO.[Na+]. The summed E-state index contributed by atoms with van der Waals surface area (Å²) in [6.07, 6.45) is 0.709. The van der Waals surface area contributed by atoms with Gasteiger partial charge in [-0.25, -0.2) is 0 Å². The molecule has 8 aliphatic rings. The average Bonchev–Trinajstić information content (AvgIpc) is 3.56. The van der Waals surface area contributed by atoms with Gasteiger partial charge in [0.05, 0.1) is 24.4 Å². The number of carbonyl (C=O) groups excluding carboxylic acids is 4. The van der Waals surface area contributed by atoms with Gasteiger partial charge >= 0.3 is 29.6 Å². The summed E-state index contributed by atoms with van der Waals surface area (Å²) in [4.78, 5) is 66.7. The van der Waals surface area contributed by atoms with Crippen LogP contribution in [0.5, 0.6) is 0 Å². The maximum Gasteiger partial charge on any atom is 1.00 e. The molecular formula is C42H58NaO14P. The largest absolute Gasteiger partial charge is 1.00 e. The van der Waals surface area contributed by atoms with E-state index in [1.54, 1.807) is 27.7 Å². The van der Waals surface area contributed by atoms with Crippen molar-refractivity contribution in [1.29, 1.82) is 0 Å². The molecule has 0 aliphatic heterocycles. The minimum absolute atomic E-state index is 0. The zero-order valence-corrected chi connectivity index (χ0v) is 37.1. The topological polar surface area (TPSA) is 248 Å². The van der Waals surface area contributed by atoms with E-state index in [0.29, 0.717) is 49.7 Å². The number of ketones is 4. The minimum Gasteiger partial charge on any atom is -0.756 e. The van der Waals surface area contributed by atoms with Crippen LogP contribution in [0.25, 0.3) is 0 Å². The Morgan fingerprint density at radius 1 is 0.724 bits per heavy atom. The van der Waals surface area contributed by atoms with Crippen molar-refractivity contribution in [3.05, 3.63) is 23.3 Å². The van der Waals surface area contributed by atoms with Crippen LogP contribution >= 0.6 is 7.82 Å². The van der Waals surface area contributed by atoms with Crippen molar-refractivity contribution in [2.75, 3.05) is 13.2 Å². The first-order valence-corrected chi connectivity index (χ1v) is 22.3. The summed E-state index contributed by atoms with van der Waals surface area (Å²) < 4.78 is 26.4. The van der Waals surface area contributed by atoms with Crippen molar-refractivity contribution in [3.8, 4) is 0 Å². The predicted molar refractivity (Wildman–Crippen MR) is 198 cm³/mol. The molecule has 0 saturated heterocycles. The van der Waals surface area contributed by atoms with Gasteiger partial charge in [0.25, 0.3) is 7.82 Å². The molecule has 0 aromatic rings. The Morgan fingerprint density at radius 2 is 1.09 bits per heavy atom. The Balaban J connectivity index is 0.00000512. The quantitative estimate of drug-likeness (QED) is 0.127. The van der Waals surface area contributed by atoms with Gasteiger partial charge in [-0.3, -0.25) is 23.7 Å². The van der Waals surface area contributed by atoms with E-state index in [0.717, 1.165) is 0 Å². The van der Waals surface area contributed by atoms with Crippen molar-refractivity contribution in [3.63, 3.8) is 0 Å². The van der Waals surface area contributed by atoms with Gasteiger partial charge in [0.15, 0.2) is 23.1 Å². The average molecular weight is 841 g/mol. The number of hydrogen-bond donors (Lipinski definition) is 6. The van der Waals surface area contributed by atoms with Gasteiger partial charge in [-0.1, -0.05) is 38.8 Å². The molecule has 6 N–H and O–H groups in total. The van der Waals surface area contributed by atoms with E-state index in [2.05, 4.69) is 0 Å². The number of phosphoric acid groups is 1. The maximum absolute atomic E-state index is 14.4. The Morgan fingerprint density at radius 3 is 1.43 bits per heavy atom. The molecule has 8 rings (SSSR count). The summed E-state index contributed by atoms with van der Waals surface area (Å²) in [5.74, 6) is -4.28. The van der Waals surface area contributed by atoms with Crippen LogP contribution in [0.3, 0.4) is 0 Å². The number of hydrogen-bond acceptors (Lipinski definition) is 14. The number of Topliss-reactive ketones (excluding diaryl/α,β-unsaturated/α-hetero) is 2. The molecule has 316 valence electrons. The smallest absolute Gasteiger partial charge is 0.756 e. The third-order valence-corrected chi connectivity index (χ3v) is 19.0. The monoisotopic (exact) mass is 840 g/mol. The summed E-state index contributed by atoms with van der Waals surface area (Å²) in [5, 5.41) is 66.8. The number of aliphatic hydroxyl groups is 6. The number of aliphatic hydroxyl groups excluding tert-OH is 4. The fraction of sp³-hybridized carbons (Fsp3) is 0.810. The number of phosphoric ester groups is 1. The molecule has 6 saturated carbocycles. The Hall–Kier alpha value is -0.970. The maximum atomic E-state index is 14.4. The van der Waals surface area contributed by atoms with E-state index in [1.165, 1.54) is 12.2 Å². The first-order valence-electron chi connectivity index (χ1n) is 20.8. The van der Waals surface area contributed by atoms with Crippen molar-refractivity contribution < 1.29 is 97.9 Å². The molecule has 16 atom stereocenters. The second kappa shape index (κ2) is 14.8. The fourth-order valence-corrected chi connectivity index (χ4v) is 16.5. The summed E-state index contributed by atoms with van der Waals surface area (Å²) in [7, 11) is -5.37. The van der Waals surface area contributed by atoms with Gasteiger partial charge < -0.3 is 44.6 Å². The van der Waals surface area contributed by atoms with Gasteiger partial charge in [-0.05, 0) is 112 Å². The molecule has 0 radical (unpaired) electrons. The zero-order chi connectivity index (χ0) is 41.5. The molecule has 58 heavy (non-hydrogen) atoms. The summed E-state index contributed by atoms with van der Waals surface area (Å²) in [6.45, 7) is 5.50. The molecule has 0 spiro atoms. The first-order chi connectivity index (χ1) is 26.6. The van der Waals surface area contributed by atoms with Crippen molar-refractivity contribution in [1.82, 2.24) is 0 Å². The molecule has 16 heteroatoms.